The smallest absolute Gasteiger partial charge is 0.223 e. The van der Waals surface area contributed by atoms with E-state index in [-0.39, 0.29) is 11.9 Å². The molecule has 6 heteroatoms. The molecule has 1 amide bonds. The highest BCUT2D eigenvalue weighted by atomic mass is 16.2. The van der Waals surface area contributed by atoms with E-state index in [0.29, 0.717) is 12.3 Å². The molecule has 0 bridgehead atoms. The third-order valence-corrected chi connectivity index (χ3v) is 5.66. The van der Waals surface area contributed by atoms with Crippen molar-refractivity contribution in [2.24, 2.45) is 5.92 Å². The number of pyridine rings is 2. The van der Waals surface area contributed by atoms with Gasteiger partial charge in [-0.3, -0.25) is 9.78 Å². The van der Waals surface area contributed by atoms with E-state index in [2.05, 4.69) is 46.7 Å². The molecule has 1 N–H and O–H groups in total. The Balaban J connectivity index is 1.54. The number of H-pyrrole nitrogens is 1. The van der Waals surface area contributed by atoms with Gasteiger partial charge in [-0.15, -0.1) is 0 Å². The van der Waals surface area contributed by atoms with Crippen LogP contribution in [0.15, 0.2) is 42.9 Å². The highest BCUT2D eigenvalue weighted by Gasteiger charge is 2.30. The number of carbonyl (C=O) groups is 1. The van der Waals surface area contributed by atoms with E-state index >= 15 is 0 Å². The van der Waals surface area contributed by atoms with Crippen LogP contribution < -0.4 is 4.90 Å². The lowest BCUT2D eigenvalue weighted by atomic mass is 10.1. The number of likely N-dealkylation sites (N-methyl/N-ethyl adjacent to an activating group) is 1. The molecular weight excluding hydrogens is 362 g/mol. The van der Waals surface area contributed by atoms with Gasteiger partial charge in [0.15, 0.2) is 0 Å². The summed E-state index contributed by atoms with van der Waals surface area (Å²) < 4.78 is 0. The molecule has 29 heavy (non-hydrogen) atoms. The summed E-state index contributed by atoms with van der Waals surface area (Å²) in [7, 11) is 2.07. The fourth-order valence-corrected chi connectivity index (χ4v) is 4.18. The third kappa shape index (κ3) is 4.11. The summed E-state index contributed by atoms with van der Waals surface area (Å²) in [4.78, 5) is 29.2. The standard InChI is InChI=1S/C23H29N5O/c1-16(2)13-22(29)28-12-4-5-18(28)15-27(3)21-7-6-20-23(26-21)19(14-25-20)17-8-10-24-11-9-17/h6-11,14,16,18,25H,4-5,12-13,15H2,1-3H3/t18-/m0/s1. The third-order valence-electron chi connectivity index (χ3n) is 5.66. The number of aromatic nitrogens is 3. The number of amides is 1. The summed E-state index contributed by atoms with van der Waals surface area (Å²) in [5.41, 5.74) is 4.15. The molecular formula is C23H29N5O. The lowest BCUT2D eigenvalue weighted by molar-refractivity contribution is -0.132. The Hall–Kier alpha value is -2.89. The Kier molecular flexibility index (Phi) is 5.51. The van der Waals surface area contributed by atoms with Gasteiger partial charge in [0.2, 0.25) is 5.91 Å². The summed E-state index contributed by atoms with van der Waals surface area (Å²) in [6.07, 6.45) is 8.37. The molecule has 0 saturated carbocycles. The molecule has 0 aromatic carbocycles. The molecule has 4 heterocycles. The zero-order valence-electron chi connectivity index (χ0n) is 17.4. The molecule has 0 spiro atoms. The number of rotatable bonds is 6. The number of fused-ring (bicyclic) bond motifs is 1. The summed E-state index contributed by atoms with van der Waals surface area (Å²) in [5.74, 6) is 1.60. The Morgan fingerprint density at radius 1 is 1.28 bits per heavy atom. The molecule has 0 radical (unpaired) electrons. The summed E-state index contributed by atoms with van der Waals surface area (Å²) in [6.45, 7) is 5.88. The number of nitrogens with zero attached hydrogens (tertiary/aromatic N) is 4. The van der Waals surface area contributed by atoms with Crippen LogP contribution in [0.1, 0.15) is 33.1 Å². The molecule has 1 fully saturated rings. The van der Waals surface area contributed by atoms with Crippen LogP contribution in [0.25, 0.3) is 22.2 Å². The van der Waals surface area contributed by atoms with E-state index < -0.39 is 0 Å². The predicted molar refractivity (Wildman–Crippen MR) is 117 cm³/mol. The first-order chi connectivity index (χ1) is 14.0. The van der Waals surface area contributed by atoms with Gasteiger partial charge in [0, 0.05) is 56.8 Å². The normalized spacial score (nSPS) is 16.7. The highest BCUT2D eigenvalue weighted by molar-refractivity contribution is 5.93. The Bertz CT molecular complexity index is 981. The van der Waals surface area contributed by atoms with E-state index in [4.69, 9.17) is 4.98 Å². The van der Waals surface area contributed by atoms with E-state index in [9.17, 15) is 4.79 Å². The average Bonchev–Trinajstić information content (AvgIpc) is 3.34. The number of hydrogen-bond donors (Lipinski definition) is 1. The Labute approximate surface area is 172 Å². The van der Waals surface area contributed by atoms with Crippen molar-refractivity contribution in [3.05, 3.63) is 42.9 Å². The first-order valence-corrected chi connectivity index (χ1v) is 10.4. The molecule has 0 unspecified atom stereocenters. The highest BCUT2D eigenvalue weighted by Crippen LogP contribution is 2.29. The van der Waals surface area contributed by atoms with Gasteiger partial charge in [0.05, 0.1) is 11.0 Å². The van der Waals surface area contributed by atoms with Gasteiger partial charge in [0.1, 0.15) is 5.82 Å². The van der Waals surface area contributed by atoms with Gasteiger partial charge in [-0.2, -0.15) is 0 Å². The van der Waals surface area contributed by atoms with Crippen LogP contribution in [0.4, 0.5) is 5.82 Å². The second kappa shape index (κ2) is 8.23. The van der Waals surface area contributed by atoms with Gasteiger partial charge >= 0.3 is 0 Å². The van der Waals surface area contributed by atoms with Crippen LogP contribution in [0.5, 0.6) is 0 Å². The number of likely N-dealkylation sites (tertiary alicyclic amines) is 1. The molecule has 6 nitrogen and oxygen atoms in total. The average molecular weight is 392 g/mol. The van der Waals surface area contributed by atoms with Crippen LogP contribution in [0.2, 0.25) is 0 Å². The molecule has 1 saturated heterocycles. The van der Waals surface area contributed by atoms with Crippen molar-refractivity contribution in [2.45, 2.75) is 39.2 Å². The Morgan fingerprint density at radius 3 is 2.83 bits per heavy atom. The lowest BCUT2D eigenvalue weighted by Gasteiger charge is -2.30. The van der Waals surface area contributed by atoms with Crippen molar-refractivity contribution in [3.63, 3.8) is 0 Å². The van der Waals surface area contributed by atoms with Gasteiger partial charge in [-0.1, -0.05) is 13.8 Å². The largest absolute Gasteiger partial charge is 0.359 e. The fraction of sp³-hybridized carbons (Fsp3) is 0.435. The topological polar surface area (TPSA) is 65.1 Å². The van der Waals surface area contributed by atoms with Crippen LogP contribution in [0.3, 0.4) is 0 Å². The van der Waals surface area contributed by atoms with E-state index in [1.807, 2.05) is 24.4 Å². The minimum atomic E-state index is 0.259. The summed E-state index contributed by atoms with van der Waals surface area (Å²) >= 11 is 0. The predicted octanol–water partition coefficient (Wildman–Crippen LogP) is 4.10. The first kappa shape index (κ1) is 19.4. The van der Waals surface area contributed by atoms with Crippen molar-refractivity contribution in [1.82, 2.24) is 19.9 Å². The van der Waals surface area contributed by atoms with Crippen LogP contribution >= 0.6 is 0 Å². The molecule has 152 valence electrons. The SMILES string of the molecule is CC(C)CC(=O)N1CCC[C@H]1CN(C)c1ccc2[nH]cc(-c3ccncc3)c2n1. The number of hydrogen-bond acceptors (Lipinski definition) is 4. The lowest BCUT2D eigenvalue weighted by Crippen LogP contribution is -2.42. The van der Waals surface area contributed by atoms with Crippen molar-refractivity contribution in [2.75, 3.05) is 25.0 Å². The van der Waals surface area contributed by atoms with Crippen molar-refractivity contribution in [3.8, 4) is 11.1 Å². The number of anilines is 1. The zero-order chi connectivity index (χ0) is 20.4. The Morgan fingerprint density at radius 2 is 2.07 bits per heavy atom. The maximum atomic E-state index is 12.6. The van der Waals surface area contributed by atoms with Crippen LogP contribution in [-0.4, -0.2) is 51.9 Å². The van der Waals surface area contributed by atoms with Gasteiger partial charge in [-0.25, -0.2) is 4.98 Å². The first-order valence-electron chi connectivity index (χ1n) is 10.4. The second-order valence-electron chi connectivity index (χ2n) is 8.37. The molecule has 4 rings (SSSR count). The van der Waals surface area contributed by atoms with E-state index in [1.165, 1.54) is 0 Å². The maximum Gasteiger partial charge on any atom is 0.223 e. The van der Waals surface area contributed by atoms with Gasteiger partial charge in [0.25, 0.3) is 0 Å². The molecule has 0 aliphatic carbocycles. The summed E-state index contributed by atoms with van der Waals surface area (Å²) in [5, 5.41) is 0. The molecule has 1 atom stereocenters. The number of aromatic amines is 1. The van der Waals surface area contributed by atoms with Crippen molar-refractivity contribution >= 4 is 22.8 Å². The van der Waals surface area contributed by atoms with E-state index in [0.717, 1.165) is 53.9 Å². The van der Waals surface area contributed by atoms with Crippen LogP contribution in [0, 0.1) is 5.92 Å². The molecule has 3 aromatic heterocycles. The second-order valence-corrected chi connectivity index (χ2v) is 8.37. The van der Waals surface area contributed by atoms with Gasteiger partial charge in [-0.05, 0) is 48.6 Å². The number of carbonyl (C=O) groups excluding carboxylic acids is 1. The molecule has 1 aliphatic heterocycles. The molecule has 1 aliphatic rings. The minimum absolute atomic E-state index is 0.259. The van der Waals surface area contributed by atoms with Crippen molar-refractivity contribution < 1.29 is 4.79 Å². The van der Waals surface area contributed by atoms with Crippen molar-refractivity contribution in [1.29, 1.82) is 0 Å². The monoisotopic (exact) mass is 391 g/mol. The maximum absolute atomic E-state index is 12.6. The van der Waals surface area contributed by atoms with Crippen LogP contribution in [-0.2, 0) is 4.79 Å². The zero-order valence-corrected chi connectivity index (χ0v) is 17.4. The van der Waals surface area contributed by atoms with E-state index in [1.54, 1.807) is 12.4 Å². The minimum Gasteiger partial charge on any atom is -0.359 e. The summed E-state index contributed by atoms with van der Waals surface area (Å²) in [6, 6.07) is 8.38. The number of nitrogens with one attached hydrogen (secondary N) is 1. The molecule has 3 aromatic rings. The van der Waals surface area contributed by atoms with Gasteiger partial charge < -0.3 is 14.8 Å². The quantitative estimate of drug-likeness (QED) is 0.687. The fourth-order valence-electron chi connectivity index (χ4n) is 4.18.